The van der Waals surface area contributed by atoms with Crippen molar-refractivity contribution in [1.29, 1.82) is 0 Å². The molecule has 0 bridgehead atoms. The molecule has 8 heteroatoms. The molecule has 0 saturated heterocycles. The molecule has 0 fully saturated rings. The Hall–Kier alpha value is -3.65. The number of hydrogen-bond acceptors (Lipinski definition) is 4. The molecule has 0 aliphatic carbocycles. The maximum Gasteiger partial charge on any atom is 0.243 e. The molecule has 0 aliphatic rings. The summed E-state index contributed by atoms with van der Waals surface area (Å²) >= 11 is 0. The second-order valence-electron chi connectivity index (χ2n) is 10.8. The van der Waals surface area contributed by atoms with Gasteiger partial charge in [-0.1, -0.05) is 73.7 Å². The average Bonchev–Trinajstić information content (AvgIpc) is 2.93. The zero-order valence-electron chi connectivity index (χ0n) is 24.8. The predicted molar refractivity (Wildman–Crippen MR) is 166 cm³/mol. The molecule has 1 atom stereocenters. The zero-order valence-corrected chi connectivity index (χ0v) is 25.7. The van der Waals surface area contributed by atoms with E-state index in [0.29, 0.717) is 18.5 Å². The number of hydrogen-bond donors (Lipinski definition) is 1. The molecular formula is C33H43N3O4S. The van der Waals surface area contributed by atoms with Crippen LogP contribution >= 0.6 is 0 Å². The lowest BCUT2D eigenvalue weighted by atomic mass is 10.0. The Bertz CT molecular complexity index is 1390. The van der Waals surface area contributed by atoms with Gasteiger partial charge in [0.25, 0.3) is 0 Å². The van der Waals surface area contributed by atoms with Crippen molar-refractivity contribution in [3.8, 4) is 0 Å². The van der Waals surface area contributed by atoms with E-state index in [1.807, 2.05) is 94.4 Å². The lowest BCUT2D eigenvalue weighted by Gasteiger charge is -2.33. The number of nitrogens with one attached hydrogen (secondary N) is 1. The van der Waals surface area contributed by atoms with Crippen molar-refractivity contribution < 1.29 is 18.0 Å². The van der Waals surface area contributed by atoms with E-state index in [1.54, 1.807) is 17.0 Å². The van der Waals surface area contributed by atoms with Gasteiger partial charge >= 0.3 is 0 Å². The fourth-order valence-electron chi connectivity index (χ4n) is 4.81. The van der Waals surface area contributed by atoms with Crippen LogP contribution in [0.4, 0.5) is 5.69 Å². The molecule has 1 N–H and O–H groups in total. The fraction of sp³-hybridized carbons (Fsp3) is 0.394. The van der Waals surface area contributed by atoms with Gasteiger partial charge in [-0.25, -0.2) is 8.42 Å². The molecule has 0 heterocycles. The first-order valence-electron chi connectivity index (χ1n) is 14.2. The van der Waals surface area contributed by atoms with Crippen LogP contribution in [0.5, 0.6) is 0 Å². The predicted octanol–water partition coefficient (Wildman–Crippen LogP) is 5.27. The topological polar surface area (TPSA) is 86.8 Å². The van der Waals surface area contributed by atoms with E-state index in [4.69, 9.17) is 0 Å². The summed E-state index contributed by atoms with van der Waals surface area (Å²) in [5.74, 6) is -0.401. The number of anilines is 1. The minimum absolute atomic E-state index is 0.0846. The van der Waals surface area contributed by atoms with Crippen LogP contribution in [0.2, 0.25) is 0 Å². The fourth-order valence-corrected chi connectivity index (χ4v) is 5.77. The molecule has 0 saturated carbocycles. The monoisotopic (exact) mass is 577 g/mol. The first-order valence-corrected chi connectivity index (χ1v) is 16.1. The van der Waals surface area contributed by atoms with Gasteiger partial charge in [-0.2, -0.15) is 0 Å². The maximum absolute atomic E-state index is 13.9. The van der Waals surface area contributed by atoms with Crippen LogP contribution in [0, 0.1) is 6.92 Å². The summed E-state index contributed by atoms with van der Waals surface area (Å²) in [5, 5.41) is 3.00. The highest BCUT2D eigenvalue weighted by Crippen LogP contribution is 2.22. The normalized spacial score (nSPS) is 12.1. The van der Waals surface area contributed by atoms with Crippen molar-refractivity contribution >= 4 is 27.5 Å². The number of benzene rings is 3. The number of aryl methyl sites for hydroxylation is 2. The van der Waals surface area contributed by atoms with E-state index in [2.05, 4.69) is 5.32 Å². The van der Waals surface area contributed by atoms with Gasteiger partial charge in [-0.3, -0.25) is 13.9 Å². The third kappa shape index (κ3) is 9.46. The van der Waals surface area contributed by atoms with E-state index in [0.717, 1.165) is 28.7 Å². The Balaban J connectivity index is 1.88. The summed E-state index contributed by atoms with van der Waals surface area (Å²) in [7, 11) is -3.55. The lowest BCUT2D eigenvalue weighted by molar-refractivity contribution is -0.141. The summed E-state index contributed by atoms with van der Waals surface area (Å²) < 4.78 is 26.7. The number of amides is 2. The molecule has 3 rings (SSSR count). The minimum Gasteiger partial charge on any atom is -0.352 e. The van der Waals surface area contributed by atoms with Crippen molar-refractivity contribution in [3.63, 3.8) is 0 Å². The van der Waals surface area contributed by atoms with Crippen LogP contribution in [0.3, 0.4) is 0 Å². The van der Waals surface area contributed by atoms with Gasteiger partial charge in [0.2, 0.25) is 21.8 Å². The van der Waals surface area contributed by atoms with Crippen LogP contribution in [0.1, 0.15) is 55.9 Å². The smallest absolute Gasteiger partial charge is 0.243 e. The molecule has 0 aliphatic heterocycles. The highest BCUT2D eigenvalue weighted by Gasteiger charge is 2.31. The molecule has 3 aromatic rings. The first kappa shape index (κ1) is 31.9. The SMILES string of the molecule is CCc1ccc(N(CCCC(=O)N(Cc2ccccc2C)[C@H](Cc2ccccc2)C(=O)NC(C)C)S(C)(=O)=O)cc1. The van der Waals surface area contributed by atoms with Crippen molar-refractivity contribution in [2.24, 2.45) is 0 Å². The van der Waals surface area contributed by atoms with Crippen LogP contribution in [0.25, 0.3) is 0 Å². The Morgan fingerprint density at radius 1 is 0.878 bits per heavy atom. The van der Waals surface area contributed by atoms with Crippen LogP contribution in [-0.2, 0) is 39.0 Å². The van der Waals surface area contributed by atoms with Crippen molar-refractivity contribution in [2.45, 2.75) is 72.0 Å². The Kier molecular flexibility index (Phi) is 11.5. The van der Waals surface area contributed by atoms with Crippen LogP contribution in [0.15, 0.2) is 78.9 Å². The van der Waals surface area contributed by atoms with Gasteiger partial charge in [-0.15, -0.1) is 0 Å². The number of carbonyl (C=O) groups excluding carboxylic acids is 2. The summed E-state index contributed by atoms with van der Waals surface area (Å²) in [6, 6.07) is 24.2. The molecule has 2 amide bonds. The summed E-state index contributed by atoms with van der Waals surface area (Å²) in [4.78, 5) is 29.1. The van der Waals surface area contributed by atoms with Crippen LogP contribution < -0.4 is 9.62 Å². The molecule has 41 heavy (non-hydrogen) atoms. The number of sulfonamides is 1. The molecular weight excluding hydrogens is 534 g/mol. The molecule has 7 nitrogen and oxygen atoms in total. The van der Waals surface area contributed by atoms with Gasteiger partial charge in [-0.05, 0) is 68.0 Å². The second kappa shape index (κ2) is 14.8. The number of carbonyl (C=O) groups is 2. The number of nitrogens with zero attached hydrogens (tertiary/aromatic N) is 2. The average molecular weight is 578 g/mol. The van der Waals surface area contributed by atoms with Crippen molar-refractivity contribution in [1.82, 2.24) is 10.2 Å². The van der Waals surface area contributed by atoms with Crippen LogP contribution in [-0.4, -0.2) is 50.0 Å². The highest BCUT2D eigenvalue weighted by molar-refractivity contribution is 7.92. The molecule has 3 aromatic carbocycles. The Morgan fingerprint density at radius 3 is 2.10 bits per heavy atom. The van der Waals surface area contributed by atoms with E-state index in [-0.39, 0.29) is 37.4 Å². The lowest BCUT2D eigenvalue weighted by Crippen LogP contribution is -2.52. The quantitative estimate of drug-likeness (QED) is 0.283. The highest BCUT2D eigenvalue weighted by atomic mass is 32.2. The van der Waals surface area contributed by atoms with E-state index in [1.165, 1.54) is 10.6 Å². The summed E-state index contributed by atoms with van der Waals surface area (Å²) in [6.07, 6.45) is 2.83. The number of rotatable bonds is 14. The minimum atomic E-state index is -3.55. The van der Waals surface area contributed by atoms with Gasteiger partial charge in [0, 0.05) is 32.0 Å². The summed E-state index contributed by atoms with van der Waals surface area (Å²) in [5.41, 5.74) is 4.65. The second-order valence-corrected chi connectivity index (χ2v) is 12.7. The molecule has 220 valence electrons. The van der Waals surface area contributed by atoms with Gasteiger partial charge in [0.15, 0.2) is 0 Å². The van der Waals surface area contributed by atoms with Gasteiger partial charge in [0.05, 0.1) is 11.9 Å². The van der Waals surface area contributed by atoms with E-state index >= 15 is 0 Å². The molecule has 0 unspecified atom stereocenters. The van der Waals surface area contributed by atoms with E-state index in [9.17, 15) is 18.0 Å². The van der Waals surface area contributed by atoms with E-state index < -0.39 is 16.1 Å². The molecule has 0 radical (unpaired) electrons. The van der Waals surface area contributed by atoms with Crippen molar-refractivity contribution in [3.05, 3.63) is 101 Å². The van der Waals surface area contributed by atoms with Crippen molar-refractivity contribution in [2.75, 3.05) is 17.1 Å². The standard InChI is InChI=1S/C33H43N3O4S/c1-6-27-18-20-30(21-19-27)36(41(5,39)40)22-12-17-32(37)35(24-29-16-11-10-13-26(29)4)31(33(38)34-25(2)3)23-28-14-8-7-9-15-28/h7-11,13-16,18-21,25,31H,6,12,17,22-24H2,1-5H3,(H,34,38)/t31-/m1/s1. The molecule has 0 spiro atoms. The third-order valence-corrected chi connectivity index (χ3v) is 8.28. The Labute approximate surface area is 245 Å². The third-order valence-electron chi connectivity index (χ3n) is 7.09. The largest absolute Gasteiger partial charge is 0.352 e. The molecule has 0 aromatic heterocycles. The first-order chi connectivity index (χ1) is 19.5. The maximum atomic E-state index is 13.9. The Morgan fingerprint density at radius 2 is 1.51 bits per heavy atom. The zero-order chi connectivity index (χ0) is 30.0. The van der Waals surface area contributed by atoms with Gasteiger partial charge < -0.3 is 10.2 Å². The summed E-state index contributed by atoms with van der Waals surface area (Å²) in [6.45, 7) is 8.28. The van der Waals surface area contributed by atoms with Gasteiger partial charge in [0.1, 0.15) is 6.04 Å².